The highest BCUT2D eigenvalue weighted by atomic mass is 35.5. The molecule has 5 heterocycles. The molecular weight excluding hydrogens is 921 g/mol. The number of hydrogen-bond acceptors (Lipinski definition) is 10. The van der Waals surface area contributed by atoms with E-state index in [4.69, 9.17) is 16.3 Å². The second-order valence-electron chi connectivity index (χ2n) is 15.1. The summed E-state index contributed by atoms with van der Waals surface area (Å²) in [5.74, 6) is -8.47. The molecule has 1 amide bonds. The van der Waals surface area contributed by atoms with Gasteiger partial charge in [-0.3, -0.25) is 28.2 Å². The van der Waals surface area contributed by atoms with Gasteiger partial charge >= 0.3 is 6.18 Å². The molecule has 342 valence electrons. The van der Waals surface area contributed by atoms with Crippen LogP contribution in [-0.4, -0.2) is 56.0 Å². The van der Waals surface area contributed by atoms with Crippen LogP contribution < -0.4 is 20.3 Å². The summed E-state index contributed by atoms with van der Waals surface area (Å²) >= 11 is 7.87. The molecule has 2 aromatic carbocycles. The molecule has 0 fully saturated rings. The maximum Gasteiger partial charge on any atom is 0.433 e. The molecule has 5 aromatic heterocycles. The average molecular weight is 954 g/mol. The number of ether oxygens (including phenoxy) is 1. The van der Waals surface area contributed by atoms with Gasteiger partial charge in [-0.05, 0) is 48.4 Å². The highest BCUT2D eigenvalue weighted by Crippen LogP contribution is 2.48. The van der Waals surface area contributed by atoms with E-state index in [1.54, 1.807) is 13.3 Å². The number of hydrogen-bond donors (Lipinski definition) is 2. The van der Waals surface area contributed by atoms with Gasteiger partial charge in [-0.1, -0.05) is 30.5 Å². The zero-order chi connectivity index (χ0) is 46.9. The van der Waals surface area contributed by atoms with Crippen LogP contribution in [-0.2, 0) is 57.0 Å². The molecule has 0 saturated carbocycles. The highest BCUT2D eigenvalue weighted by Gasteiger charge is 2.51. The summed E-state index contributed by atoms with van der Waals surface area (Å²) in [6.07, 6.45) is -7.19. The SMILES string of the molecule is CSNc1nn(C)c2c(-n3c(C(Cc4cc(F)cc(F)c4)NC(=O)Cn4nc(C(F)F)c5c4C(F)(F)C(C)C5)nc4nc(OCc5cc(C(F)(F)F)n(C)n5)ccc4c3=O)ccc(Cl)c12. The Morgan fingerprint density at radius 3 is 2.40 bits per heavy atom. The van der Waals surface area contributed by atoms with Gasteiger partial charge in [0.25, 0.3) is 17.9 Å². The van der Waals surface area contributed by atoms with Crippen LogP contribution >= 0.6 is 23.5 Å². The van der Waals surface area contributed by atoms with Crippen molar-refractivity contribution in [2.45, 2.75) is 57.5 Å². The Morgan fingerprint density at radius 1 is 1.02 bits per heavy atom. The van der Waals surface area contributed by atoms with Gasteiger partial charge in [0.05, 0.1) is 33.0 Å². The van der Waals surface area contributed by atoms with Gasteiger partial charge in [0, 0.05) is 50.4 Å². The lowest BCUT2D eigenvalue weighted by Crippen LogP contribution is -2.38. The first kappa shape index (κ1) is 45.3. The number of benzene rings is 2. The molecule has 65 heavy (non-hydrogen) atoms. The Morgan fingerprint density at radius 2 is 1.74 bits per heavy atom. The van der Waals surface area contributed by atoms with Crippen LogP contribution in [0.5, 0.6) is 5.88 Å². The maximum absolute atomic E-state index is 15.5. The van der Waals surface area contributed by atoms with Crippen molar-refractivity contribution in [2.24, 2.45) is 20.0 Å². The number of aromatic nitrogens is 9. The minimum Gasteiger partial charge on any atom is -0.471 e. The number of carbonyl (C=O) groups is 1. The molecule has 0 bridgehead atoms. The predicted molar refractivity (Wildman–Crippen MR) is 219 cm³/mol. The summed E-state index contributed by atoms with van der Waals surface area (Å²) in [6.45, 7) is -0.380. The van der Waals surface area contributed by atoms with Crippen LogP contribution in [0.2, 0.25) is 5.02 Å². The third-order valence-corrected chi connectivity index (χ3v) is 11.4. The van der Waals surface area contributed by atoms with E-state index in [1.165, 1.54) is 47.8 Å². The normalized spacial score (nSPS) is 15.3. The zero-order valence-corrected chi connectivity index (χ0v) is 35.7. The summed E-state index contributed by atoms with van der Waals surface area (Å²) in [5, 5.41) is 15.0. The van der Waals surface area contributed by atoms with Gasteiger partial charge in [0.15, 0.2) is 11.5 Å². The summed E-state index contributed by atoms with van der Waals surface area (Å²) in [6, 6.07) is 7.09. The fourth-order valence-electron chi connectivity index (χ4n) is 7.93. The van der Waals surface area contributed by atoms with Crippen LogP contribution in [0, 0.1) is 17.6 Å². The molecule has 0 radical (unpaired) electrons. The van der Waals surface area contributed by atoms with E-state index in [2.05, 4.69) is 35.3 Å². The Labute approximate surface area is 369 Å². The molecule has 7 aromatic rings. The number of aryl methyl sites for hydroxylation is 2. The molecule has 14 nitrogen and oxygen atoms in total. The minimum absolute atomic E-state index is 0.0728. The predicted octanol–water partition coefficient (Wildman–Crippen LogP) is 8.14. The number of fused-ring (bicyclic) bond motifs is 3. The molecular formula is C40H33ClF9N11O3S. The van der Waals surface area contributed by atoms with Gasteiger partial charge < -0.3 is 14.8 Å². The standard InChI is InChI=1S/C40H33ClF9N11O3S/c1-17-9-23-31(34(44)45)55-60(33(23)39(17,46)47)15-28(62)51-25(12-18-10-19(42)13-20(43)11-18)37-53-35-22(5-8-29(52-35)64-16-21-14-27(40(48,49)50)58(2)54-21)38(63)61(37)26-7-6-24(41)30-32(26)59(3)56-36(30)57-65-4/h5-8,10-11,13-14,17,25,34H,9,12,15-16H2,1-4H3,(H,51,62)(H,56,57). The third kappa shape index (κ3) is 8.43. The van der Waals surface area contributed by atoms with E-state index in [9.17, 15) is 40.3 Å². The smallest absolute Gasteiger partial charge is 0.433 e. The number of carbonyl (C=O) groups excluding carboxylic acids is 1. The number of rotatable bonds is 13. The number of anilines is 1. The lowest BCUT2D eigenvalue weighted by molar-refractivity contribution is -0.143. The van der Waals surface area contributed by atoms with Gasteiger partial charge in [0.2, 0.25) is 11.8 Å². The van der Waals surface area contributed by atoms with Gasteiger partial charge in [-0.25, -0.2) is 22.5 Å². The molecule has 1 aliphatic carbocycles. The second kappa shape index (κ2) is 16.9. The van der Waals surface area contributed by atoms with Crippen molar-refractivity contribution in [3.8, 4) is 11.6 Å². The molecule has 0 spiro atoms. The molecule has 1 aliphatic rings. The van der Waals surface area contributed by atoms with Gasteiger partial charge in [-0.15, -0.1) is 0 Å². The summed E-state index contributed by atoms with van der Waals surface area (Å²) in [7, 11) is 2.65. The Bertz CT molecular complexity index is 3060. The molecule has 8 rings (SSSR count). The topological polar surface area (TPSA) is 152 Å². The maximum atomic E-state index is 15.5. The van der Waals surface area contributed by atoms with Crippen LogP contribution in [0.4, 0.5) is 45.3 Å². The van der Waals surface area contributed by atoms with Gasteiger partial charge in [-0.2, -0.15) is 42.2 Å². The lowest BCUT2D eigenvalue weighted by Gasteiger charge is -2.24. The minimum atomic E-state index is -4.71. The largest absolute Gasteiger partial charge is 0.471 e. The zero-order valence-electron chi connectivity index (χ0n) is 34.1. The molecule has 0 aliphatic heterocycles. The van der Waals surface area contributed by atoms with Crippen molar-refractivity contribution < 1.29 is 49.0 Å². The summed E-state index contributed by atoms with van der Waals surface area (Å²) in [4.78, 5) is 38.1. The Balaban J connectivity index is 1.30. The number of alkyl halides is 7. The monoisotopic (exact) mass is 953 g/mol. The fraction of sp³-hybridized carbons (Fsp3) is 0.325. The molecule has 2 atom stereocenters. The summed E-state index contributed by atoms with van der Waals surface area (Å²) in [5.41, 5.74) is -4.27. The first-order valence-corrected chi connectivity index (χ1v) is 20.9. The van der Waals surface area contributed by atoms with Crippen LogP contribution in [0.15, 0.2) is 53.3 Å². The van der Waals surface area contributed by atoms with Crippen molar-refractivity contribution in [1.82, 2.24) is 49.2 Å². The molecule has 25 heteroatoms. The first-order chi connectivity index (χ1) is 30.7. The van der Waals surface area contributed by atoms with E-state index < -0.39 is 102 Å². The van der Waals surface area contributed by atoms with Crippen molar-refractivity contribution in [1.29, 1.82) is 0 Å². The lowest BCUT2D eigenvalue weighted by atomic mass is 10.0. The summed E-state index contributed by atoms with van der Waals surface area (Å²) < 4.78 is 141. The number of amides is 1. The van der Waals surface area contributed by atoms with E-state index in [1.807, 2.05) is 0 Å². The van der Waals surface area contributed by atoms with E-state index in [0.717, 1.165) is 29.8 Å². The van der Waals surface area contributed by atoms with Crippen LogP contribution in [0.1, 0.15) is 59.1 Å². The van der Waals surface area contributed by atoms with Crippen molar-refractivity contribution in [2.75, 3.05) is 11.0 Å². The average Bonchev–Trinajstić information content (AvgIpc) is 3.94. The highest BCUT2D eigenvalue weighted by molar-refractivity contribution is 7.99. The number of nitrogens with zero attached hydrogens (tertiary/aromatic N) is 9. The number of halogens is 10. The third-order valence-electron chi connectivity index (χ3n) is 10.7. The Hall–Kier alpha value is -6.30. The molecule has 2 N–H and O–H groups in total. The first-order valence-electron chi connectivity index (χ1n) is 19.3. The second-order valence-corrected chi connectivity index (χ2v) is 16.2. The van der Waals surface area contributed by atoms with Crippen molar-refractivity contribution in [3.05, 3.63) is 115 Å². The Kier molecular flexibility index (Phi) is 11.8. The fourth-order valence-corrected chi connectivity index (χ4v) is 8.51. The van der Waals surface area contributed by atoms with Crippen LogP contribution in [0.3, 0.4) is 0 Å². The number of nitrogens with one attached hydrogen (secondary N) is 2. The van der Waals surface area contributed by atoms with E-state index in [0.29, 0.717) is 26.6 Å². The van der Waals surface area contributed by atoms with Gasteiger partial charge in [0.1, 0.15) is 53.4 Å². The van der Waals surface area contributed by atoms with Crippen LogP contribution in [0.25, 0.3) is 27.6 Å². The molecule has 2 unspecified atom stereocenters. The molecule has 0 saturated heterocycles. The number of pyridine rings is 1. The van der Waals surface area contributed by atoms with Crippen molar-refractivity contribution in [3.63, 3.8) is 0 Å². The van der Waals surface area contributed by atoms with E-state index >= 15 is 8.78 Å². The quantitative estimate of drug-likeness (QED) is 0.0857. The van der Waals surface area contributed by atoms with Crippen molar-refractivity contribution >= 4 is 57.2 Å². The van der Waals surface area contributed by atoms with E-state index in [-0.39, 0.29) is 50.2 Å².